The van der Waals surface area contributed by atoms with E-state index >= 15 is 0 Å². The number of hydrogen-bond donors (Lipinski definition) is 1. The fourth-order valence-electron chi connectivity index (χ4n) is 2.50. The summed E-state index contributed by atoms with van der Waals surface area (Å²) >= 11 is 0. The Morgan fingerprint density at radius 2 is 1.90 bits per heavy atom. The first kappa shape index (κ1) is 17.1. The van der Waals surface area contributed by atoms with Crippen molar-refractivity contribution < 1.29 is 9.13 Å². The Bertz CT molecular complexity index is 381. The van der Waals surface area contributed by atoms with Gasteiger partial charge in [0, 0.05) is 12.6 Å². The lowest BCUT2D eigenvalue weighted by atomic mass is 9.93. The zero-order valence-electron chi connectivity index (χ0n) is 13.2. The molecule has 0 saturated carbocycles. The van der Waals surface area contributed by atoms with Gasteiger partial charge in [0.15, 0.2) is 0 Å². The van der Waals surface area contributed by atoms with Crippen LogP contribution < -0.4 is 5.32 Å². The quantitative estimate of drug-likeness (QED) is 0.743. The Balaban J connectivity index is 2.84. The summed E-state index contributed by atoms with van der Waals surface area (Å²) < 4.78 is 19.7. The highest BCUT2D eigenvalue weighted by atomic mass is 19.1. The standard InChI is InChI=1S/C17H28FNO/c1-5-11-19-16(17(13(3)4)20-6-2)12-14-9-7-8-10-15(14)18/h7-10,13,16-17,19H,5-6,11-12H2,1-4H3. The third-order valence-electron chi connectivity index (χ3n) is 3.47. The second kappa shape index (κ2) is 9.09. The van der Waals surface area contributed by atoms with Gasteiger partial charge in [-0.1, -0.05) is 39.0 Å². The summed E-state index contributed by atoms with van der Waals surface area (Å²) in [6.45, 7) is 10.1. The third kappa shape index (κ3) is 5.22. The van der Waals surface area contributed by atoms with Crippen LogP contribution in [0.2, 0.25) is 0 Å². The molecule has 0 fully saturated rings. The van der Waals surface area contributed by atoms with Crippen molar-refractivity contribution >= 4 is 0 Å². The predicted molar refractivity (Wildman–Crippen MR) is 82.4 cm³/mol. The molecule has 20 heavy (non-hydrogen) atoms. The van der Waals surface area contributed by atoms with Crippen LogP contribution >= 0.6 is 0 Å². The van der Waals surface area contributed by atoms with Crippen LogP contribution in [0.3, 0.4) is 0 Å². The molecule has 0 amide bonds. The molecule has 0 radical (unpaired) electrons. The van der Waals surface area contributed by atoms with Crippen molar-refractivity contribution in [3.05, 3.63) is 35.6 Å². The molecule has 0 aliphatic rings. The molecule has 3 heteroatoms. The highest BCUT2D eigenvalue weighted by Crippen LogP contribution is 2.17. The molecule has 2 nitrogen and oxygen atoms in total. The van der Waals surface area contributed by atoms with E-state index in [-0.39, 0.29) is 18.0 Å². The average Bonchev–Trinajstić information content (AvgIpc) is 2.43. The van der Waals surface area contributed by atoms with Gasteiger partial charge in [0.1, 0.15) is 5.82 Å². The Hall–Kier alpha value is -0.930. The summed E-state index contributed by atoms with van der Waals surface area (Å²) in [6.07, 6.45) is 1.83. The number of rotatable bonds is 9. The summed E-state index contributed by atoms with van der Waals surface area (Å²) in [5.41, 5.74) is 0.756. The van der Waals surface area contributed by atoms with Crippen LogP contribution in [0.5, 0.6) is 0 Å². The van der Waals surface area contributed by atoms with Crippen LogP contribution in [0, 0.1) is 11.7 Å². The molecule has 114 valence electrons. The molecule has 1 rings (SSSR count). The SMILES string of the molecule is CCCNC(Cc1ccccc1F)C(OCC)C(C)C. The molecular weight excluding hydrogens is 253 g/mol. The number of ether oxygens (including phenoxy) is 1. The van der Waals surface area contributed by atoms with E-state index in [9.17, 15) is 4.39 Å². The van der Waals surface area contributed by atoms with Crippen molar-refractivity contribution in [2.45, 2.75) is 52.7 Å². The van der Waals surface area contributed by atoms with Crippen LogP contribution in [0.25, 0.3) is 0 Å². The number of benzene rings is 1. The minimum atomic E-state index is -0.130. The van der Waals surface area contributed by atoms with Gasteiger partial charge >= 0.3 is 0 Å². The summed E-state index contributed by atoms with van der Waals surface area (Å²) in [5.74, 6) is 0.269. The van der Waals surface area contributed by atoms with Gasteiger partial charge in [-0.25, -0.2) is 4.39 Å². The van der Waals surface area contributed by atoms with Gasteiger partial charge in [-0.2, -0.15) is 0 Å². The van der Waals surface area contributed by atoms with E-state index in [2.05, 4.69) is 26.1 Å². The van der Waals surface area contributed by atoms with Crippen LogP contribution in [0.15, 0.2) is 24.3 Å². The van der Waals surface area contributed by atoms with Crippen LogP contribution in [0.4, 0.5) is 4.39 Å². The molecular formula is C17H28FNO. The first-order chi connectivity index (χ1) is 9.60. The van der Waals surface area contributed by atoms with Crippen LogP contribution in [-0.4, -0.2) is 25.3 Å². The highest BCUT2D eigenvalue weighted by molar-refractivity contribution is 5.18. The molecule has 0 spiro atoms. The summed E-state index contributed by atoms with van der Waals surface area (Å²) in [6, 6.07) is 7.15. The summed E-state index contributed by atoms with van der Waals surface area (Å²) in [7, 11) is 0. The predicted octanol–water partition coefficient (Wildman–Crippen LogP) is 3.80. The molecule has 0 aliphatic heterocycles. The van der Waals surface area contributed by atoms with E-state index < -0.39 is 0 Å². The van der Waals surface area contributed by atoms with Gasteiger partial charge in [-0.15, -0.1) is 0 Å². The topological polar surface area (TPSA) is 21.3 Å². The fourth-order valence-corrected chi connectivity index (χ4v) is 2.50. The lowest BCUT2D eigenvalue weighted by Crippen LogP contribution is -2.46. The Morgan fingerprint density at radius 3 is 2.45 bits per heavy atom. The summed E-state index contributed by atoms with van der Waals surface area (Å²) in [4.78, 5) is 0. The van der Waals surface area contributed by atoms with Crippen LogP contribution in [-0.2, 0) is 11.2 Å². The van der Waals surface area contributed by atoms with Gasteiger partial charge in [-0.05, 0) is 43.9 Å². The molecule has 0 bridgehead atoms. The minimum Gasteiger partial charge on any atom is -0.377 e. The van der Waals surface area contributed by atoms with Gasteiger partial charge in [0.25, 0.3) is 0 Å². The van der Waals surface area contributed by atoms with E-state index in [1.807, 2.05) is 19.1 Å². The zero-order chi connectivity index (χ0) is 15.0. The van der Waals surface area contributed by atoms with Gasteiger partial charge in [0.2, 0.25) is 0 Å². The Morgan fingerprint density at radius 1 is 1.20 bits per heavy atom. The molecule has 2 unspecified atom stereocenters. The third-order valence-corrected chi connectivity index (χ3v) is 3.47. The van der Waals surface area contributed by atoms with E-state index in [1.54, 1.807) is 6.07 Å². The number of hydrogen-bond acceptors (Lipinski definition) is 2. The maximum Gasteiger partial charge on any atom is 0.126 e. The lowest BCUT2D eigenvalue weighted by Gasteiger charge is -2.31. The fraction of sp³-hybridized carbons (Fsp3) is 0.647. The van der Waals surface area contributed by atoms with E-state index in [1.165, 1.54) is 6.07 Å². The van der Waals surface area contributed by atoms with Crippen molar-refractivity contribution in [1.82, 2.24) is 5.32 Å². The molecule has 0 saturated heterocycles. The minimum absolute atomic E-state index is 0.103. The van der Waals surface area contributed by atoms with Crippen molar-refractivity contribution in [1.29, 1.82) is 0 Å². The highest BCUT2D eigenvalue weighted by Gasteiger charge is 2.25. The van der Waals surface area contributed by atoms with Gasteiger partial charge in [-0.3, -0.25) is 0 Å². The molecule has 0 heterocycles. The van der Waals surface area contributed by atoms with Gasteiger partial charge < -0.3 is 10.1 Å². The maximum absolute atomic E-state index is 13.9. The largest absolute Gasteiger partial charge is 0.377 e. The zero-order valence-corrected chi connectivity index (χ0v) is 13.2. The van der Waals surface area contributed by atoms with E-state index in [0.717, 1.165) is 18.5 Å². The first-order valence-electron chi connectivity index (χ1n) is 7.68. The number of halogens is 1. The van der Waals surface area contributed by atoms with Gasteiger partial charge in [0.05, 0.1) is 6.10 Å². The molecule has 1 aromatic rings. The second-order valence-corrected chi connectivity index (χ2v) is 5.52. The monoisotopic (exact) mass is 281 g/mol. The number of nitrogens with one attached hydrogen (secondary N) is 1. The smallest absolute Gasteiger partial charge is 0.126 e. The Kier molecular flexibility index (Phi) is 7.78. The van der Waals surface area contributed by atoms with Crippen molar-refractivity contribution in [3.8, 4) is 0 Å². The van der Waals surface area contributed by atoms with E-state index in [4.69, 9.17) is 4.74 Å². The maximum atomic E-state index is 13.9. The van der Waals surface area contributed by atoms with Crippen molar-refractivity contribution in [2.24, 2.45) is 5.92 Å². The van der Waals surface area contributed by atoms with Crippen molar-refractivity contribution in [2.75, 3.05) is 13.2 Å². The molecule has 0 aromatic heterocycles. The normalized spacial score (nSPS) is 14.5. The molecule has 1 N–H and O–H groups in total. The summed E-state index contributed by atoms with van der Waals surface area (Å²) in [5, 5.41) is 3.52. The molecule has 1 aromatic carbocycles. The first-order valence-corrected chi connectivity index (χ1v) is 7.68. The second-order valence-electron chi connectivity index (χ2n) is 5.52. The van der Waals surface area contributed by atoms with Crippen molar-refractivity contribution in [3.63, 3.8) is 0 Å². The molecule has 0 aliphatic carbocycles. The Labute approximate surface area is 122 Å². The lowest BCUT2D eigenvalue weighted by molar-refractivity contribution is 0.00346. The van der Waals surface area contributed by atoms with E-state index in [0.29, 0.717) is 18.9 Å². The van der Waals surface area contributed by atoms with Crippen LogP contribution in [0.1, 0.15) is 39.7 Å². The molecule has 2 atom stereocenters. The average molecular weight is 281 g/mol.